The van der Waals surface area contributed by atoms with Crippen LogP contribution in [0, 0.1) is 5.82 Å². The van der Waals surface area contributed by atoms with E-state index in [1.807, 2.05) is 12.1 Å². The molecule has 1 fully saturated rings. The first-order valence-electron chi connectivity index (χ1n) is 7.09. The molecule has 19 heavy (non-hydrogen) atoms. The topological polar surface area (TPSA) is 32.5 Å². The Bertz CT molecular complexity index is 412. The van der Waals surface area contributed by atoms with E-state index >= 15 is 0 Å². The second kappa shape index (κ2) is 6.35. The Balaban J connectivity index is 2.03. The normalized spacial score (nSPS) is 17.2. The lowest BCUT2D eigenvalue weighted by Gasteiger charge is -2.38. The van der Waals surface area contributed by atoms with Gasteiger partial charge >= 0.3 is 0 Å². The molecular weight excluding hydrogens is 241 g/mol. The molecule has 0 spiro atoms. The number of benzene rings is 1. The summed E-state index contributed by atoms with van der Waals surface area (Å²) < 4.78 is 14.1. The van der Waals surface area contributed by atoms with Crippen molar-refractivity contribution in [2.75, 3.05) is 37.6 Å². The molecule has 3 nitrogen and oxygen atoms in total. The highest BCUT2D eigenvalue weighted by Gasteiger charge is 2.20. The number of hydrogen-bond donors (Lipinski definition) is 1. The minimum atomic E-state index is -0.121. The van der Waals surface area contributed by atoms with Crippen LogP contribution in [0.1, 0.15) is 19.4 Å². The molecule has 2 rings (SSSR count). The number of anilines is 1. The Morgan fingerprint density at radius 1 is 1.21 bits per heavy atom. The third-order valence-corrected chi connectivity index (χ3v) is 3.83. The smallest absolute Gasteiger partial charge is 0.146 e. The largest absolute Gasteiger partial charge is 0.367 e. The van der Waals surface area contributed by atoms with E-state index in [4.69, 9.17) is 5.73 Å². The number of rotatable bonds is 4. The molecular formula is C15H24FN3. The zero-order chi connectivity index (χ0) is 13.8. The van der Waals surface area contributed by atoms with Crippen LogP contribution < -0.4 is 10.6 Å². The van der Waals surface area contributed by atoms with Crippen molar-refractivity contribution in [1.29, 1.82) is 0 Å². The number of nitrogens with zero attached hydrogens (tertiary/aromatic N) is 2. The third-order valence-electron chi connectivity index (χ3n) is 3.83. The lowest BCUT2D eigenvalue weighted by molar-refractivity contribution is 0.209. The first kappa shape index (κ1) is 14.3. The summed E-state index contributed by atoms with van der Waals surface area (Å²) in [5.41, 5.74) is 7.20. The third kappa shape index (κ3) is 3.45. The van der Waals surface area contributed by atoms with Crippen molar-refractivity contribution in [2.45, 2.75) is 26.3 Å². The van der Waals surface area contributed by atoms with Crippen LogP contribution in [0.4, 0.5) is 10.1 Å². The van der Waals surface area contributed by atoms with Gasteiger partial charge in [-0.3, -0.25) is 4.90 Å². The number of nitrogens with two attached hydrogens (primary N) is 1. The van der Waals surface area contributed by atoms with Gasteiger partial charge in [-0.05, 0) is 44.5 Å². The van der Waals surface area contributed by atoms with E-state index in [0.717, 1.165) is 43.9 Å². The number of piperazine rings is 1. The number of hydrogen-bond acceptors (Lipinski definition) is 3. The molecule has 106 valence electrons. The van der Waals surface area contributed by atoms with Gasteiger partial charge in [0.2, 0.25) is 0 Å². The zero-order valence-corrected chi connectivity index (χ0v) is 11.9. The van der Waals surface area contributed by atoms with E-state index in [0.29, 0.717) is 12.6 Å². The summed E-state index contributed by atoms with van der Waals surface area (Å²) in [6.45, 7) is 8.77. The average molecular weight is 265 g/mol. The SMILES string of the molecule is CC(C)N1CCN(c2ccc(CCN)cc2F)CC1. The van der Waals surface area contributed by atoms with Gasteiger partial charge in [-0.2, -0.15) is 0 Å². The first-order chi connectivity index (χ1) is 9.11. The molecule has 0 saturated carbocycles. The maximum Gasteiger partial charge on any atom is 0.146 e. The van der Waals surface area contributed by atoms with E-state index < -0.39 is 0 Å². The highest BCUT2D eigenvalue weighted by molar-refractivity contribution is 5.49. The van der Waals surface area contributed by atoms with E-state index in [2.05, 4.69) is 23.6 Å². The minimum absolute atomic E-state index is 0.121. The van der Waals surface area contributed by atoms with Crippen molar-refractivity contribution >= 4 is 5.69 Å². The maximum absolute atomic E-state index is 14.1. The molecule has 0 aliphatic carbocycles. The molecule has 2 N–H and O–H groups in total. The van der Waals surface area contributed by atoms with Crippen LogP contribution >= 0.6 is 0 Å². The standard InChI is InChI=1S/C15H24FN3/c1-12(2)18-7-9-19(10-8-18)15-4-3-13(5-6-17)11-14(15)16/h3-4,11-12H,5-10,17H2,1-2H3. The monoisotopic (exact) mass is 265 g/mol. The van der Waals surface area contributed by atoms with Gasteiger partial charge < -0.3 is 10.6 Å². The predicted octanol–water partition coefficient (Wildman–Crippen LogP) is 1.86. The van der Waals surface area contributed by atoms with E-state index in [9.17, 15) is 4.39 Å². The Hall–Kier alpha value is -1.13. The molecule has 0 radical (unpaired) electrons. The fraction of sp³-hybridized carbons (Fsp3) is 0.600. The fourth-order valence-electron chi connectivity index (χ4n) is 2.61. The summed E-state index contributed by atoms with van der Waals surface area (Å²) in [6.07, 6.45) is 0.734. The highest BCUT2D eigenvalue weighted by atomic mass is 19.1. The molecule has 0 unspecified atom stereocenters. The molecule has 1 aromatic rings. The number of halogens is 1. The van der Waals surface area contributed by atoms with Crippen LogP contribution in [-0.2, 0) is 6.42 Å². The highest BCUT2D eigenvalue weighted by Crippen LogP contribution is 2.22. The molecule has 1 aliphatic heterocycles. The van der Waals surface area contributed by atoms with Crippen molar-refractivity contribution in [1.82, 2.24) is 4.90 Å². The Kier molecular flexibility index (Phi) is 4.77. The molecule has 1 aromatic carbocycles. The molecule has 0 atom stereocenters. The first-order valence-corrected chi connectivity index (χ1v) is 7.09. The van der Waals surface area contributed by atoms with Crippen molar-refractivity contribution in [2.24, 2.45) is 5.73 Å². The van der Waals surface area contributed by atoms with Crippen LogP contribution in [0.5, 0.6) is 0 Å². The van der Waals surface area contributed by atoms with Gasteiger partial charge in [0.25, 0.3) is 0 Å². The van der Waals surface area contributed by atoms with E-state index in [1.54, 1.807) is 6.07 Å². The summed E-state index contributed by atoms with van der Waals surface area (Å²) in [4.78, 5) is 4.57. The van der Waals surface area contributed by atoms with Crippen LogP contribution in [0.25, 0.3) is 0 Å². The van der Waals surface area contributed by atoms with Gasteiger partial charge in [0.15, 0.2) is 0 Å². The Morgan fingerprint density at radius 3 is 2.42 bits per heavy atom. The zero-order valence-electron chi connectivity index (χ0n) is 11.9. The quantitative estimate of drug-likeness (QED) is 0.902. The fourth-order valence-corrected chi connectivity index (χ4v) is 2.61. The molecule has 0 bridgehead atoms. The molecule has 4 heteroatoms. The van der Waals surface area contributed by atoms with Gasteiger partial charge in [0, 0.05) is 32.2 Å². The Morgan fingerprint density at radius 2 is 1.89 bits per heavy atom. The minimum Gasteiger partial charge on any atom is -0.367 e. The summed E-state index contributed by atoms with van der Waals surface area (Å²) in [6, 6.07) is 6.07. The summed E-state index contributed by atoms with van der Waals surface area (Å²) in [5, 5.41) is 0. The molecule has 0 amide bonds. The predicted molar refractivity (Wildman–Crippen MR) is 78.1 cm³/mol. The van der Waals surface area contributed by atoms with Crippen molar-refractivity contribution < 1.29 is 4.39 Å². The van der Waals surface area contributed by atoms with Crippen molar-refractivity contribution in [3.8, 4) is 0 Å². The lowest BCUT2D eigenvalue weighted by atomic mass is 10.1. The lowest BCUT2D eigenvalue weighted by Crippen LogP contribution is -2.49. The maximum atomic E-state index is 14.1. The second-order valence-corrected chi connectivity index (χ2v) is 5.44. The van der Waals surface area contributed by atoms with Gasteiger partial charge in [-0.15, -0.1) is 0 Å². The van der Waals surface area contributed by atoms with Gasteiger partial charge in [-0.1, -0.05) is 6.07 Å². The Labute approximate surface area is 115 Å². The van der Waals surface area contributed by atoms with Gasteiger partial charge in [0.05, 0.1) is 5.69 Å². The summed E-state index contributed by atoms with van der Waals surface area (Å²) >= 11 is 0. The molecule has 0 aromatic heterocycles. The van der Waals surface area contributed by atoms with Crippen LogP contribution in [0.15, 0.2) is 18.2 Å². The van der Waals surface area contributed by atoms with E-state index in [-0.39, 0.29) is 5.82 Å². The second-order valence-electron chi connectivity index (χ2n) is 5.44. The van der Waals surface area contributed by atoms with Crippen molar-refractivity contribution in [3.63, 3.8) is 0 Å². The van der Waals surface area contributed by atoms with Gasteiger partial charge in [0.1, 0.15) is 5.82 Å². The van der Waals surface area contributed by atoms with Crippen LogP contribution in [0.3, 0.4) is 0 Å². The summed E-state index contributed by atoms with van der Waals surface area (Å²) in [7, 11) is 0. The van der Waals surface area contributed by atoms with Crippen LogP contribution in [0.2, 0.25) is 0 Å². The molecule has 1 heterocycles. The van der Waals surface area contributed by atoms with Crippen molar-refractivity contribution in [3.05, 3.63) is 29.6 Å². The average Bonchev–Trinajstić information content (AvgIpc) is 2.39. The van der Waals surface area contributed by atoms with Gasteiger partial charge in [-0.25, -0.2) is 4.39 Å². The van der Waals surface area contributed by atoms with E-state index in [1.165, 1.54) is 0 Å². The summed E-state index contributed by atoms with van der Waals surface area (Å²) in [5.74, 6) is -0.121. The van der Waals surface area contributed by atoms with Crippen LogP contribution in [-0.4, -0.2) is 43.7 Å². The molecule has 1 aliphatic rings. The molecule has 1 saturated heterocycles.